The molecule has 1 aliphatic carbocycles. The molecule has 31 heavy (non-hydrogen) atoms. The molecule has 1 aromatic carbocycles. The van der Waals surface area contributed by atoms with Crippen LogP contribution in [0.4, 0.5) is 19.1 Å². The maximum atomic E-state index is 12.4. The van der Waals surface area contributed by atoms with Crippen LogP contribution in [0.25, 0.3) is 16.8 Å². The largest absolute Gasteiger partial charge is 0.573 e. The molecule has 7 nitrogen and oxygen atoms in total. The maximum Gasteiger partial charge on any atom is 0.573 e. The number of nitriles is 1. The summed E-state index contributed by atoms with van der Waals surface area (Å²) in [7, 11) is 0. The number of ether oxygens (including phenoxy) is 1. The van der Waals surface area contributed by atoms with Gasteiger partial charge in [-0.05, 0) is 54.5 Å². The van der Waals surface area contributed by atoms with Gasteiger partial charge in [0.15, 0.2) is 11.8 Å². The first-order valence-electron chi connectivity index (χ1n) is 10.0. The number of hydrogen-bond donors (Lipinski definition) is 1. The van der Waals surface area contributed by atoms with E-state index in [4.69, 9.17) is 0 Å². The highest BCUT2D eigenvalue weighted by Crippen LogP contribution is 2.38. The van der Waals surface area contributed by atoms with Crippen molar-refractivity contribution in [1.82, 2.24) is 19.5 Å². The van der Waals surface area contributed by atoms with E-state index >= 15 is 0 Å². The zero-order valence-electron chi connectivity index (χ0n) is 16.4. The van der Waals surface area contributed by atoms with Gasteiger partial charge >= 0.3 is 6.36 Å². The Hall–Kier alpha value is -3.48. The molecule has 0 spiro atoms. The first-order valence-corrected chi connectivity index (χ1v) is 10.0. The Morgan fingerprint density at radius 2 is 1.81 bits per heavy atom. The molecule has 0 amide bonds. The van der Waals surface area contributed by atoms with Crippen LogP contribution in [-0.4, -0.2) is 45.0 Å². The molecule has 2 bridgehead atoms. The van der Waals surface area contributed by atoms with Crippen LogP contribution >= 0.6 is 0 Å². The van der Waals surface area contributed by atoms with Crippen molar-refractivity contribution in [1.29, 1.82) is 5.26 Å². The van der Waals surface area contributed by atoms with E-state index in [1.165, 1.54) is 12.1 Å². The highest BCUT2D eigenvalue weighted by molar-refractivity contribution is 5.78. The summed E-state index contributed by atoms with van der Waals surface area (Å²) >= 11 is 0. The monoisotopic (exact) mass is 428 g/mol. The van der Waals surface area contributed by atoms with Gasteiger partial charge in [0.2, 0.25) is 5.95 Å². The molecule has 1 saturated heterocycles. The first kappa shape index (κ1) is 19.5. The van der Waals surface area contributed by atoms with Gasteiger partial charge in [-0.25, -0.2) is 4.52 Å². The number of likely N-dealkylation sites (tertiary alicyclic amines) is 1. The van der Waals surface area contributed by atoms with Crippen molar-refractivity contribution in [2.24, 2.45) is 11.8 Å². The van der Waals surface area contributed by atoms with Crippen molar-refractivity contribution in [2.75, 3.05) is 18.4 Å². The lowest BCUT2D eigenvalue weighted by Gasteiger charge is -2.35. The van der Waals surface area contributed by atoms with Crippen LogP contribution in [0.5, 0.6) is 5.75 Å². The lowest BCUT2D eigenvalue weighted by molar-refractivity contribution is -0.274. The van der Waals surface area contributed by atoms with Gasteiger partial charge in [-0.15, -0.1) is 18.3 Å². The number of anilines is 1. The van der Waals surface area contributed by atoms with Crippen LogP contribution in [0.1, 0.15) is 12.8 Å². The van der Waals surface area contributed by atoms with E-state index in [1.807, 2.05) is 17.0 Å². The Morgan fingerprint density at radius 3 is 2.45 bits per heavy atom. The van der Waals surface area contributed by atoms with Crippen molar-refractivity contribution in [3.63, 3.8) is 0 Å². The second-order valence-electron chi connectivity index (χ2n) is 7.97. The van der Waals surface area contributed by atoms with Crippen molar-refractivity contribution in [3.05, 3.63) is 42.6 Å². The van der Waals surface area contributed by atoms with E-state index < -0.39 is 6.36 Å². The Balaban J connectivity index is 1.39. The lowest BCUT2D eigenvalue weighted by Crippen LogP contribution is -2.46. The minimum atomic E-state index is -4.72. The molecule has 1 saturated carbocycles. The summed E-state index contributed by atoms with van der Waals surface area (Å²) in [6, 6.07) is 9.58. The standard InChI is InChI=1S/C21H19F3N6O/c22-21(23,24)31-16-7-5-13(6-8-16)17-2-1-9-30-19(17)27-20(28-30)26-18-14-3-4-15(18)11-29(10-14)12-25/h1-2,5-9,14-15,18H,3-4,10-11H2,(H,26,28)/t14-,15+,18-. The van der Waals surface area contributed by atoms with Gasteiger partial charge in [0.25, 0.3) is 0 Å². The van der Waals surface area contributed by atoms with Crippen molar-refractivity contribution in [3.8, 4) is 23.1 Å². The number of nitrogens with one attached hydrogen (secondary N) is 1. The Kier molecular flexibility index (Phi) is 4.61. The van der Waals surface area contributed by atoms with Gasteiger partial charge in [0, 0.05) is 30.9 Å². The second-order valence-corrected chi connectivity index (χ2v) is 7.97. The van der Waals surface area contributed by atoms with Crippen LogP contribution in [-0.2, 0) is 0 Å². The van der Waals surface area contributed by atoms with E-state index in [9.17, 15) is 18.4 Å². The van der Waals surface area contributed by atoms with Crippen LogP contribution in [0, 0.1) is 23.3 Å². The molecule has 2 fully saturated rings. The average molecular weight is 428 g/mol. The van der Waals surface area contributed by atoms with E-state index in [0.717, 1.165) is 31.5 Å². The molecule has 160 valence electrons. The molecule has 0 radical (unpaired) electrons. The zero-order chi connectivity index (χ0) is 21.6. The SMILES string of the molecule is N#CN1C[C@H]2CC[C@@H](C1)[C@@H]2Nc1nc2c(-c3ccc(OC(F)(F)F)cc3)cccn2n1. The number of hydrogen-bond acceptors (Lipinski definition) is 6. The molecular formula is C21H19F3N6O. The molecule has 2 aromatic heterocycles. The molecule has 3 heterocycles. The first-order chi connectivity index (χ1) is 14.9. The summed E-state index contributed by atoms with van der Waals surface area (Å²) in [5.41, 5.74) is 2.07. The predicted octanol–water partition coefficient (Wildman–Crippen LogP) is 3.90. The molecular weight excluding hydrogens is 409 g/mol. The molecule has 3 aromatic rings. The molecule has 5 rings (SSSR count). The van der Waals surface area contributed by atoms with Gasteiger partial charge in [0.05, 0.1) is 0 Å². The van der Waals surface area contributed by atoms with Gasteiger partial charge in [0.1, 0.15) is 5.75 Å². The maximum absolute atomic E-state index is 12.4. The van der Waals surface area contributed by atoms with E-state index in [0.29, 0.717) is 29.0 Å². The fourth-order valence-corrected chi connectivity index (χ4v) is 4.72. The number of halogens is 3. The number of pyridine rings is 1. The van der Waals surface area contributed by atoms with Crippen LogP contribution in [0.2, 0.25) is 0 Å². The number of aromatic nitrogens is 3. The highest BCUT2D eigenvalue weighted by Gasteiger charge is 2.42. The summed E-state index contributed by atoms with van der Waals surface area (Å²) in [6.45, 7) is 1.49. The molecule has 1 aliphatic heterocycles. The Bertz CT molecular complexity index is 1120. The van der Waals surface area contributed by atoms with Crippen LogP contribution < -0.4 is 10.1 Å². The van der Waals surface area contributed by atoms with Gasteiger partial charge in [-0.3, -0.25) is 0 Å². The molecule has 2 aliphatic rings. The van der Waals surface area contributed by atoms with E-state index in [-0.39, 0.29) is 11.8 Å². The molecule has 3 atom stereocenters. The molecule has 0 unspecified atom stereocenters. The second kappa shape index (κ2) is 7.34. The minimum Gasteiger partial charge on any atom is -0.406 e. The quantitative estimate of drug-likeness (QED) is 0.635. The summed E-state index contributed by atoms with van der Waals surface area (Å²) in [5, 5.41) is 17.2. The highest BCUT2D eigenvalue weighted by atomic mass is 19.4. The molecule has 10 heteroatoms. The zero-order valence-corrected chi connectivity index (χ0v) is 16.4. The summed E-state index contributed by atoms with van der Waals surface area (Å²) < 4.78 is 42.8. The normalized spacial score (nSPS) is 23.0. The lowest BCUT2D eigenvalue weighted by atomic mass is 9.92. The van der Waals surface area contributed by atoms with Gasteiger partial charge in [-0.1, -0.05) is 12.1 Å². The van der Waals surface area contributed by atoms with Crippen molar-refractivity contribution in [2.45, 2.75) is 25.2 Å². The third kappa shape index (κ3) is 3.83. The van der Waals surface area contributed by atoms with E-state index in [2.05, 4.69) is 26.3 Å². The Morgan fingerprint density at radius 1 is 1.10 bits per heavy atom. The number of benzene rings is 1. The summed E-state index contributed by atoms with van der Waals surface area (Å²) in [4.78, 5) is 6.47. The smallest absolute Gasteiger partial charge is 0.406 e. The number of alkyl halides is 3. The number of nitrogens with zero attached hydrogens (tertiary/aromatic N) is 5. The molecule has 1 N–H and O–H groups in total. The fourth-order valence-electron chi connectivity index (χ4n) is 4.72. The predicted molar refractivity (Wildman–Crippen MR) is 106 cm³/mol. The third-order valence-corrected chi connectivity index (χ3v) is 6.03. The number of rotatable bonds is 4. The van der Waals surface area contributed by atoms with E-state index in [1.54, 1.807) is 22.8 Å². The number of fused-ring (bicyclic) bond motifs is 3. The van der Waals surface area contributed by atoms with Gasteiger partial charge < -0.3 is 15.0 Å². The van der Waals surface area contributed by atoms with Crippen molar-refractivity contribution >= 4 is 11.6 Å². The summed E-state index contributed by atoms with van der Waals surface area (Å²) in [6.07, 6.45) is 1.46. The average Bonchev–Trinajstić information content (AvgIpc) is 3.24. The number of piperidine rings is 1. The Labute approximate surface area is 176 Å². The van der Waals surface area contributed by atoms with Crippen LogP contribution in [0.3, 0.4) is 0 Å². The van der Waals surface area contributed by atoms with Crippen molar-refractivity contribution < 1.29 is 17.9 Å². The van der Waals surface area contributed by atoms with Crippen LogP contribution in [0.15, 0.2) is 42.6 Å². The summed E-state index contributed by atoms with van der Waals surface area (Å²) in [5.74, 6) is 0.999. The fraction of sp³-hybridized carbons (Fsp3) is 0.381. The third-order valence-electron chi connectivity index (χ3n) is 6.03. The topological polar surface area (TPSA) is 78.5 Å². The van der Waals surface area contributed by atoms with Gasteiger partial charge in [-0.2, -0.15) is 10.2 Å². The minimum absolute atomic E-state index is 0.226.